The third-order valence-corrected chi connectivity index (χ3v) is 5.20. The van der Waals surface area contributed by atoms with Crippen molar-refractivity contribution in [1.29, 1.82) is 0 Å². The zero-order chi connectivity index (χ0) is 21.1. The van der Waals surface area contributed by atoms with Crippen LogP contribution in [-0.4, -0.2) is 31.9 Å². The number of aromatic amines is 1. The van der Waals surface area contributed by atoms with E-state index in [1.807, 2.05) is 73.1 Å². The molecule has 2 aromatic carbocycles. The van der Waals surface area contributed by atoms with Crippen molar-refractivity contribution in [3.05, 3.63) is 87.6 Å². The van der Waals surface area contributed by atoms with E-state index in [0.717, 1.165) is 22.3 Å². The van der Waals surface area contributed by atoms with Crippen LogP contribution in [0.1, 0.15) is 33.7 Å². The Balaban J connectivity index is 1.38. The highest BCUT2D eigenvalue weighted by atomic mass is 16.5. The summed E-state index contributed by atoms with van der Waals surface area (Å²) in [5.41, 5.74) is 4.56. The molecule has 7 nitrogen and oxygen atoms in total. The number of H-pyrrole nitrogens is 1. The molecular formula is C23H24N4O3. The number of nitrogens with one attached hydrogen (secondary N) is 1. The van der Waals surface area contributed by atoms with Gasteiger partial charge in [0.15, 0.2) is 0 Å². The van der Waals surface area contributed by atoms with Gasteiger partial charge in [-0.2, -0.15) is 5.10 Å². The van der Waals surface area contributed by atoms with Gasteiger partial charge in [0.2, 0.25) is 0 Å². The van der Waals surface area contributed by atoms with Crippen LogP contribution in [0.3, 0.4) is 0 Å². The molecule has 4 aromatic rings. The second-order valence-electron chi connectivity index (χ2n) is 7.28. The molecule has 4 rings (SSSR count). The number of imidazole rings is 1. The maximum absolute atomic E-state index is 12.6. The van der Waals surface area contributed by atoms with E-state index < -0.39 is 0 Å². The zero-order valence-corrected chi connectivity index (χ0v) is 17.1. The van der Waals surface area contributed by atoms with Crippen LogP contribution in [0.25, 0.3) is 11.0 Å². The summed E-state index contributed by atoms with van der Waals surface area (Å²) in [6.45, 7) is 5.00. The Hall–Kier alpha value is -3.61. The Morgan fingerprint density at radius 2 is 1.80 bits per heavy atom. The van der Waals surface area contributed by atoms with Gasteiger partial charge in [-0.25, -0.2) is 9.59 Å². The van der Waals surface area contributed by atoms with Gasteiger partial charge in [-0.1, -0.05) is 42.5 Å². The number of aromatic nitrogens is 4. The van der Waals surface area contributed by atoms with Gasteiger partial charge < -0.3 is 9.72 Å². The molecule has 0 aliphatic heterocycles. The molecule has 2 heterocycles. The minimum Gasteiger partial charge on any atom is -0.462 e. The third-order valence-electron chi connectivity index (χ3n) is 5.20. The summed E-state index contributed by atoms with van der Waals surface area (Å²) in [5.74, 6) is -0.379. The third kappa shape index (κ3) is 3.91. The van der Waals surface area contributed by atoms with Crippen molar-refractivity contribution in [2.45, 2.75) is 33.4 Å². The lowest BCUT2D eigenvalue weighted by Gasteiger charge is -2.07. The molecule has 0 saturated heterocycles. The van der Waals surface area contributed by atoms with E-state index in [1.54, 1.807) is 4.57 Å². The minimum absolute atomic E-state index is 0.156. The highest BCUT2D eigenvalue weighted by molar-refractivity contribution is 5.91. The Bertz CT molecular complexity index is 1230. The minimum atomic E-state index is -0.379. The van der Waals surface area contributed by atoms with Crippen molar-refractivity contribution in [1.82, 2.24) is 19.3 Å². The fourth-order valence-electron chi connectivity index (χ4n) is 3.69. The molecule has 30 heavy (non-hydrogen) atoms. The first kappa shape index (κ1) is 19.7. The van der Waals surface area contributed by atoms with Crippen LogP contribution in [0, 0.1) is 13.8 Å². The van der Waals surface area contributed by atoms with Gasteiger partial charge in [0, 0.05) is 6.54 Å². The normalized spacial score (nSPS) is 11.1. The van der Waals surface area contributed by atoms with Crippen molar-refractivity contribution >= 4 is 17.0 Å². The van der Waals surface area contributed by atoms with Gasteiger partial charge in [-0.05, 0) is 38.0 Å². The molecule has 7 heteroatoms. The first-order chi connectivity index (χ1) is 14.5. The number of carbonyl (C=O) groups excluding carboxylic acids is 1. The van der Waals surface area contributed by atoms with Crippen molar-refractivity contribution in [2.75, 3.05) is 6.61 Å². The van der Waals surface area contributed by atoms with Crippen LogP contribution < -0.4 is 5.69 Å². The lowest BCUT2D eigenvalue weighted by molar-refractivity contribution is 0.0494. The quantitative estimate of drug-likeness (QED) is 0.378. The number of rotatable bonds is 7. The number of fused-ring (bicyclic) bond motifs is 1. The van der Waals surface area contributed by atoms with E-state index in [9.17, 15) is 9.59 Å². The van der Waals surface area contributed by atoms with Crippen molar-refractivity contribution < 1.29 is 9.53 Å². The van der Waals surface area contributed by atoms with E-state index in [2.05, 4.69) is 10.1 Å². The largest absolute Gasteiger partial charge is 0.462 e. The van der Waals surface area contributed by atoms with E-state index in [-0.39, 0.29) is 18.3 Å². The lowest BCUT2D eigenvalue weighted by atomic mass is 10.2. The summed E-state index contributed by atoms with van der Waals surface area (Å²) >= 11 is 0. The molecule has 0 atom stereocenters. The number of hydrogen-bond donors (Lipinski definition) is 1. The number of esters is 1. The van der Waals surface area contributed by atoms with Crippen LogP contribution in [0.4, 0.5) is 0 Å². The maximum atomic E-state index is 12.6. The average Bonchev–Trinajstić information content (AvgIpc) is 3.21. The van der Waals surface area contributed by atoms with Crippen LogP contribution in [0.15, 0.2) is 59.4 Å². The van der Waals surface area contributed by atoms with Gasteiger partial charge in [-0.3, -0.25) is 9.25 Å². The van der Waals surface area contributed by atoms with Gasteiger partial charge in [-0.15, -0.1) is 0 Å². The first-order valence-corrected chi connectivity index (χ1v) is 9.97. The summed E-state index contributed by atoms with van der Waals surface area (Å²) in [7, 11) is 0. The summed E-state index contributed by atoms with van der Waals surface area (Å²) in [4.78, 5) is 27.6. The molecule has 0 saturated carbocycles. The fourth-order valence-corrected chi connectivity index (χ4v) is 3.69. The van der Waals surface area contributed by atoms with Crippen molar-refractivity contribution in [2.24, 2.45) is 0 Å². The summed E-state index contributed by atoms with van der Waals surface area (Å²) in [5, 5.41) is 4.51. The van der Waals surface area contributed by atoms with Crippen molar-refractivity contribution in [3.8, 4) is 0 Å². The Kier molecular flexibility index (Phi) is 5.52. The van der Waals surface area contributed by atoms with E-state index in [0.29, 0.717) is 30.8 Å². The molecule has 0 radical (unpaired) electrons. The predicted molar refractivity (Wildman–Crippen MR) is 115 cm³/mol. The van der Waals surface area contributed by atoms with Crippen LogP contribution in [0.2, 0.25) is 0 Å². The molecule has 0 amide bonds. The molecule has 0 spiro atoms. The first-order valence-electron chi connectivity index (χ1n) is 9.97. The second-order valence-corrected chi connectivity index (χ2v) is 7.28. The molecule has 0 bridgehead atoms. The molecular weight excluding hydrogens is 380 g/mol. The number of para-hydroxylation sites is 2. The number of aryl methyl sites for hydroxylation is 2. The monoisotopic (exact) mass is 404 g/mol. The smallest absolute Gasteiger partial charge is 0.341 e. The van der Waals surface area contributed by atoms with E-state index in [4.69, 9.17) is 4.74 Å². The zero-order valence-electron chi connectivity index (χ0n) is 17.1. The highest BCUT2D eigenvalue weighted by Crippen LogP contribution is 2.16. The summed E-state index contributed by atoms with van der Waals surface area (Å²) in [6, 6.07) is 17.5. The number of benzene rings is 2. The van der Waals surface area contributed by atoms with Crippen LogP contribution in [0.5, 0.6) is 0 Å². The van der Waals surface area contributed by atoms with Gasteiger partial charge in [0.1, 0.15) is 5.56 Å². The Morgan fingerprint density at radius 1 is 1.07 bits per heavy atom. The van der Waals surface area contributed by atoms with Gasteiger partial charge in [0.05, 0.1) is 35.6 Å². The van der Waals surface area contributed by atoms with Crippen molar-refractivity contribution in [3.63, 3.8) is 0 Å². The SMILES string of the molecule is Cc1nn(Cc2ccccc2)c(C)c1C(=O)OCCCn1c(=O)[nH]c2ccccc21. The highest BCUT2D eigenvalue weighted by Gasteiger charge is 2.20. The van der Waals surface area contributed by atoms with Gasteiger partial charge >= 0.3 is 11.7 Å². The second kappa shape index (κ2) is 8.41. The van der Waals surface area contributed by atoms with E-state index in [1.165, 1.54) is 0 Å². The fraction of sp³-hybridized carbons (Fsp3) is 0.261. The topological polar surface area (TPSA) is 81.9 Å². The maximum Gasteiger partial charge on any atom is 0.341 e. The molecule has 154 valence electrons. The molecule has 1 N–H and O–H groups in total. The summed E-state index contributed by atoms with van der Waals surface area (Å²) < 4.78 is 8.98. The molecule has 0 unspecified atom stereocenters. The number of carbonyl (C=O) groups is 1. The predicted octanol–water partition coefficient (Wildman–Crippen LogP) is 3.44. The standard InChI is InChI=1S/C23H24N4O3/c1-16-21(17(2)27(25-16)15-18-9-4-3-5-10-18)22(28)30-14-8-13-26-20-12-7-6-11-19(20)24-23(26)29/h3-7,9-12H,8,13-15H2,1-2H3,(H,24,29). The lowest BCUT2D eigenvalue weighted by Crippen LogP contribution is -2.18. The van der Waals surface area contributed by atoms with E-state index >= 15 is 0 Å². The Labute approximate surface area is 173 Å². The van der Waals surface area contributed by atoms with Crippen LogP contribution in [-0.2, 0) is 17.8 Å². The molecule has 0 fully saturated rings. The number of nitrogens with zero attached hydrogens (tertiary/aromatic N) is 3. The molecule has 0 aliphatic carbocycles. The molecule has 2 aromatic heterocycles. The number of hydrogen-bond acceptors (Lipinski definition) is 4. The molecule has 0 aliphatic rings. The average molecular weight is 404 g/mol. The number of ether oxygens (including phenoxy) is 1. The summed E-state index contributed by atoms with van der Waals surface area (Å²) in [6.07, 6.45) is 0.545. The van der Waals surface area contributed by atoms with Crippen LogP contribution >= 0.6 is 0 Å². The Morgan fingerprint density at radius 3 is 2.60 bits per heavy atom. The van der Waals surface area contributed by atoms with Gasteiger partial charge in [0.25, 0.3) is 0 Å².